The Kier molecular flexibility index (Phi) is 5.20. The van der Waals surface area contributed by atoms with Gasteiger partial charge in [-0.05, 0) is 59.0 Å². The third-order valence-corrected chi connectivity index (χ3v) is 5.75. The molecule has 0 saturated carbocycles. The Morgan fingerprint density at radius 1 is 1.03 bits per heavy atom. The van der Waals surface area contributed by atoms with Crippen LogP contribution in [-0.2, 0) is 4.79 Å². The number of amidine groups is 1. The summed E-state index contributed by atoms with van der Waals surface area (Å²) in [6.45, 7) is 0. The molecule has 1 aromatic heterocycles. The van der Waals surface area contributed by atoms with Crippen LogP contribution in [0.5, 0.6) is 5.75 Å². The molecule has 0 fully saturated rings. The molecule has 0 saturated heterocycles. The predicted octanol–water partition coefficient (Wildman–Crippen LogP) is 5.20. The Labute approximate surface area is 175 Å². The molecule has 0 bridgehead atoms. The van der Waals surface area contributed by atoms with Crippen LogP contribution in [0.2, 0.25) is 0 Å². The fourth-order valence-corrected chi connectivity index (χ4v) is 4.04. The molecule has 3 aromatic carbocycles. The van der Waals surface area contributed by atoms with Crippen LogP contribution < -0.4 is 10.5 Å². The van der Waals surface area contributed by atoms with Gasteiger partial charge >= 0.3 is 5.97 Å². The van der Waals surface area contributed by atoms with E-state index in [0.717, 1.165) is 21.2 Å². The average molecular weight is 420 g/mol. The number of benzene rings is 3. The lowest BCUT2D eigenvalue weighted by molar-refractivity contribution is -0.145. The Morgan fingerprint density at radius 3 is 2.47 bits per heavy atom. The highest BCUT2D eigenvalue weighted by molar-refractivity contribution is 7.20. The number of rotatable bonds is 6. The first-order chi connectivity index (χ1) is 14.4. The average Bonchev–Trinajstić information content (AvgIpc) is 3.17. The lowest BCUT2D eigenvalue weighted by Gasteiger charge is -2.16. The molecule has 1 atom stereocenters. The number of carboxylic acids is 1. The van der Waals surface area contributed by atoms with Crippen LogP contribution in [0.25, 0.3) is 21.2 Å². The second kappa shape index (κ2) is 7.96. The van der Waals surface area contributed by atoms with E-state index in [2.05, 4.69) is 0 Å². The second-order valence-corrected chi connectivity index (χ2v) is 7.78. The number of hydrogen-bond donors (Lipinski definition) is 3. The summed E-state index contributed by atoms with van der Waals surface area (Å²) >= 11 is 1.46. The fourth-order valence-electron chi connectivity index (χ4n) is 3.14. The number of ether oxygens (including phenoxy) is 1. The zero-order valence-corrected chi connectivity index (χ0v) is 16.4. The largest absolute Gasteiger partial charge is 0.478 e. The van der Waals surface area contributed by atoms with E-state index in [1.807, 2.05) is 30.3 Å². The molecule has 30 heavy (non-hydrogen) atoms. The fraction of sp³-hybridized carbons (Fsp3) is 0.0435. The minimum atomic E-state index is -1.25. The van der Waals surface area contributed by atoms with Gasteiger partial charge in [-0.15, -0.1) is 11.3 Å². The highest BCUT2D eigenvalue weighted by atomic mass is 32.1. The summed E-state index contributed by atoms with van der Waals surface area (Å²) in [4.78, 5) is 12.4. The summed E-state index contributed by atoms with van der Waals surface area (Å²) in [5.74, 6) is -1.18. The number of nitrogen functional groups attached to an aromatic ring is 1. The van der Waals surface area contributed by atoms with Gasteiger partial charge in [0, 0.05) is 10.3 Å². The number of fused-ring (bicyclic) bond motifs is 1. The van der Waals surface area contributed by atoms with Gasteiger partial charge in [-0.3, -0.25) is 5.41 Å². The van der Waals surface area contributed by atoms with Gasteiger partial charge in [0.1, 0.15) is 17.4 Å². The first-order valence-corrected chi connectivity index (χ1v) is 9.86. The molecule has 150 valence electrons. The summed E-state index contributed by atoms with van der Waals surface area (Å²) < 4.78 is 19.9. The Hall–Kier alpha value is -3.71. The number of thiophene rings is 1. The summed E-state index contributed by atoms with van der Waals surface area (Å²) in [6.07, 6.45) is -1.25. The van der Waals surface area contributed by atoms with E-state index in [-0.39, 0.29) is 5.84 Å². The number of carboxylic acid groups (broad SMARTS) is 1. The molecular weight excluding hydrogens is 403 g/mol. The van der Waals surface area contributed by atoms with Gasteiger partial charge in [-0.25, -0.2) is 9.18 Å². The van der Waals surface area contributed by atoms with Crippen molar-refractivity contribution in [1.82, 2.24) is 0 Å². The number of hydrogen-bond acceptors (Lipinski definition) is 4. The molecule has 5 nitrogen and oxygen atoms in total. The summed E-state index contributed by atoms with van der Waals surface area (Å²) in [5.41, 5.74) is 7.71. The van der Waals surface area contributed by atoms with Crippen molar-refractivity contribution in [2.75, 3.05) is 0 Å². The molecule has 7 heteroatoms. The number of nitrogens with one attached hydrogen (secondary N) is 1. The van der Waals surface area contributed by atoms with E-state index in [1.54, 1.807) is 18.2 Å². The Bertz CT molecular complexity index is 1250. The van der Waals surface area contributed by atoms with Crippen molar-refractivity contribution in [2.45, 2.75) is 6.10 Å². The minimum absolute atomic E-state index is 0.0358. The number of aliphatic carboxylic acids is 1. The second-order valence-electron chi connectivity index (χ2n) is 6.69. The van der Waals surface area contributed by atoms with Crippen LogP contribution in [0.15, 0.2) is 72.8 Å². The molecule has 4 N–H and O–H groups in total. The van der Waals surface area contributed by atoms with Crippen molar-refractivity contribution in [3.63, 3.8) is 0 Å². The monoisotopic (exact) mass is 420 g/mol. The zero-order chi connectivity index (χ0) is 21.3. The van der Waals surface area contributed by atoms with E-state index >= 15 is 0 Å². The maximum absolute atomic E-state index is 13.2. The molecule has 0 spiro atoms. The van der Waals surface area contributed by atoms with Gasteiger partial charge in [-0.2, -0.15) is 0 Å². The molecule has 4 aromatic rings. The van der Waals surface area contributed by atoms with E-state index in [1.165, 1.54) is 35.6 Å². The van der Waals surface area contributed by atoms with E-state index < -0.39 is 17.9 Å². The number of nitrogens with two attached hydrogens (primary N) is 1. The van der Waals surface area contributed by atoms with Crippen molar-refractivity contribution < 1.29 is 19.0 Å². The maximum atomic E-state index is 13.2. The molecule has 0 aliphatic carbocycles. The first kappa shape index (κ1) is 19.6. The predicted molar refractivity (Wildman–Crippen MR) is 116 cm³/mol. The number of carbonyl (C=O) groups is 1. The molecular formula is C23H17FN2O3S. The van der Waals surface area contributed by atoms with Gasteiger partial charge in [-0.1, -0.05) is 30.3 Å². The van der Waals surface area contributed by atoms with Gasteiger partial charge < -0.3 is 15.6 Å². The van der Waals surface area contributed by atoms with Crippen LogP contribution in [-0.4, -0.2) is 16.9 Å². The van der Waals surface area contributed by atoms with E-state index in [0.29, 0.717) is 16.2 Å². The van der Waals surface area contributed by atoms with Crippen LogP contribution in [0.4, 0.5) is 4.39 Å². The quantitative estimate of drug-likeness (QED) is 0.295. The zero-order valence-electron chi connectivity index (χ0n) is 15.6. The van der Waals surface area contributed by atoms with Crippen LogP contribution in [0.3, 0.4) is 0 Å². The summed E-state index contributed by atoms with van der Waals surface area (Å²) in [6, 6.07) is 20.1. The normalized spacial score (nSPS) is 11.9. The molecule has 0 amide bonds. The smallest absolute Gasteiger partial charge is 0.349 e. The SMILES string of the molecule is N=C(N)c1cc2cc(-c3cccc(OC(C(=O)O)c4ccc(F)cc4)c3)ccc2s1. The molecule has 0 aliphatic rings. The lowest BCUT2D eigenvalue weighted by Crippen LogP contribution is -2.18. The third kappa shape index (κ3) is 4.01. The van der Waals surface area contributed by atoms with Crippen LogP contribution in [0, 0.1) is 11.2 Å². The van der Waals surface area contributed by atoms with Crippen molar-refractivity contribution in [3.8, 4) is 16.9 Å². The highest BCUT2D eigenvalue weighted by Gasteiger charge is 2.22. The molecule has 0 radical (unpaired) electrons. The van der Waals surface area contributed by atoms with Crippen LogP contribution in [0.1, 0.15) is 16.5 Å². The Morgan fingerprint density at radius 2 is 1.77 bits per heavy atom. The topological polar surface area (TPSA) is 96.4 Å². The Balaban J connectivity index is 1.64. The standard InChI is InChI=1S/C23H17FN2O3S/c24-17-7-4-13(5-8-17)21(23(27)28)29-18-3-1-2-14(11-18)15-6-9-19-16(10-15)12-20(30-19)22(25)26/h1-12,21H,(H3,25,26)(H,27,28). The third-order valence-electron chi connectivity index (χ3n) is 4.60. The van der Waals surface area contributed by atoms with Crippen molar-refractivity contribution in [2.24, 2.45) is 5.73 Å². The first-order valence-electron chi connectivity index (χ1n) is 9.04. The molecule has 4 rings (SSSR count). The lowest BCUT2D eigenvalue weighted by atomic mass is 10.0. The van der Waals surface area contributed by atoms with Crippen molar-refractivity contribution in [1.29, 1.82) is 5.41 Å². The maximum Gasteiger partial charge on any atom is 0.349 e. The van der Waals surface area contributed by atoms with Crippen molar-refractivity contribution in [3.05, 3.63) is 89.1 Å². The van der Waals surface area contributed by atoms with Gasteiger partial charge in [0.2, 0.25) is 6.10 Å². The van der Waals surface area contributed by atoms with Gasteiger partial charge in [0.15, 0.2) is 0 Å². The number of halogens is 1. The van der Waals surface area contributed by atoms with Crippen LogP contribution >= 0.6 is 11.3 Å². The van der Waals surface area contributed by atoms with Gasteiger partial charge in [0.25, 0.3) is 0 Å². The van der Waals surface area contributed by atoms with E-state index in [4.69, 9.17) is 15.9 Å². The van der Waals surface area contributed by atoms with E-state index in [9.17, 15) is 14.3 Å². The molecule has 1 heterocycles. The summed E-state index contributed by atoms with van der Waals surface area (Å²) in [7, 11) is 0. The van der Waals surface area contributed by atoms with Crippen molar-refractivity contribution >= 4 is 33.2 Å². The molecule has 0 aliphatic heterocycles. The minimum Gasteiger partial charge on any atom is -0.478 e. The highest BCUT2D eigenvalue weighted by Crippen LogP contribution is 2.32. The van der Waals surface area contributed by atoms with Gasteiger partial charge in [0.05, 0.1) is 4.88 Å². The summed E-state index contributed by atoms with van der Waals surface area (Å²) in [5, 5.41) is 18.1. The molecule has 1 unspecified atom stereocenters.